The van der Waals surface area contributed by atoms with Gasteiger partial charge in [-0.25, -0.2) is 0 Å². The zero-order valence-corrected chi connectivity index (χ0v) is 21.0. The Morgan fingerprint density at radius 1 is 0.387 bits per heavy atom. The third-order valence-electron chi connectivity index (χ3n) is 6.49. The second-order valence-corrected chi connectivity index (χ2v) is 12.2. The number of rotatable bonds is 6. The van der Waals surface area contributed by atoms with E-state index in [0.717, 1.165) is 0 Å². The van der Waals surface area contributed by atoms with Crippen LogP contribution in [-0.2, 0) is 10.8 Å². The Labute approximate surface area is 194 Å². The monoisotopic (exact) mass is 466 g/mol. The van der Waals surface area contributed by atoms with Crippen LogP contribution in [0.5, 0.6) is 0 Å². The molecule has 0 aliphatic carbocycles. The van der Waals surface area contributed by atoms with Crippen molar-refractivity contribution in [2.24, 2.45) is 0 Å². The van der Waals surface area contributed by atoms with E-state index in [9.17, 15) is 0 Å². The van der Waals surface area contributed by atoms with Crippen molar-refractivity contribution in [1.29, 1.82) is 0 Å². The van der Waals surface area contributed by atoms with Gasteiger partial charge in [-0.05, 0) is 0 Å². The Bertz CT molecular complexity index is 1010. The summed E-state index contributed by atoms with van der Waals surface area (Å²) >= 11 is -0.336. The molecule has 0 heterocycles. The van der Waals surface area contributed by atoms with Crippen LogP contribution in [-0.4, -0.2) is 15.8 Å². The molecule has 0 atom stereocenters. The van der Waals surface area contributed by atoms with E-state index in [0.29, 0.717) is 0 Å². The SMILES string of the molecule is CC(C)(c1ccccc1)c1ccc([AsH]c2ccc(C(C)(C)c3ccccc3)cc2)cc1. The molecule has 0 amide bonds. The van der Waals surface area contributed by atoms with Gasteiger partial charge < -0.3 is 0 Å². The fourth-order valence-corrected chi connectivity index (χ4v) is 6.25. The maximum absolute atomic E-state index is 2.34. The van der Waals surface area contributed by atoms with Crippen LogP contribution >= 0.6 is 0 Å². The van der Waals surface area contributed by atoms with Gasteiger partial charge in [0.25, 0.3) is 0 Å². The number of benzene rings is 4. The van der Waals surface area contributed by atoms with Crippen molar-refractivity contribution in [3.63, 3.8) is 0 Å². The van der Waals surface area contributed by atoms with Crippen LogP contribution in [0.15, 0.2) is 109 Å². The van der Waals surface area contributed by atoms with Gasteiger partial charge in [0, 0.05) is 0 Å². The van der Waals surface area contributed by atoms with E-state index in [1.54, 1.807) is 0 Å². The maximum atomic E-state index is 2.34. The van der Waals surface area contributed by atoms with Gasteiger partial charge in [0.2, 0.25) is 0 Å². The summed E-state index contributed by atoms with van der Waals surface area (Å²) in [6.07, 6.45) is 0. The Balaban J connectivity index is 1.49. The van der Waals surface area contributed by atoms with E-state index in [4.69, 9.17) is 0 Å². The molecule has 0 fully saturated rings. The Morgan fingerprint density at radius 2 is 0.677 bits per heavy atom. The molecule has 0 aliphatic rings. The molecule has 31 heavy (non-hydrogen) atoms. The number of hydrogen-bond donors (Lipinski definition) is 0. The van der Waals surface area contributed by atoms with Crippen molar-refractivity contribution >= 4 is 24.5 Å². The third kappa shape index (κ3) is 4.70. The molecule has 156 valence electrons. The molecule has 4 rings (SSSR count). The molecule has 0 spiro atoms. The summed E-state index contributed by atoms with van der Waals surface area (Å²) in [6.45, 7) is 9.23. The summed E-state index contributed by atoms with van der Waals surface area (Å²) in [6, 6.07) is 40.2. The van der Waals surface area contributed by atoms with E-state index < -0.39 is 0 Å². The summed E-state index contributed by atoms with van der Waals surface area (Å²) < 4.78 is 2.95. The Hall–Kier alpha value is -2.56. The standard InChI is InChI=1S/C30H31As/c1-29(2,23-11-7-5-8-12-23)25-15-19-27(20-16-25)31-28-21-17-26(18-22-28)30(3,4)24-13-9-6-10-14-24/h5-22,31H,1-4H3. The topological polar surface area (TPSA) is 0 Å². The third-order valence-corrected chi connectivity index (χ3v) is 9.10. The van der Waals surface area contributed by atoms with Crippen molar-refractivity contribution in [2.75, 3.05) is 0 Å². The van der Waals surface area contributed by atoms with E-state index in [-0.39, 0.29) is 26.6 Å². The van der Waals surface area contributed by atoms with Gasteiger partial charge in [0.05, 0.1) is 0 Å². The molecule has 4 aromatic rings. The van der Waals surface area contributed by atoms with E-state index in [1.807, 2.05) is 0 Å². The fraction of sp³-hybridized carbons (Fsp3) is 0.200. The minimum atomic E-state index is -0.336. The first-order valence-electron chi connectivity index (χ1n) is 11.0. The minimum absolute atomic E-state index is 0.0183. The van der Waals surface area contributed by atoms with Crippen LogP contribution in [0.3, 0.4) is 0 Å². The van der Waals surface area contributed by atoms with Crippen molar-refractivity contribution in [2.45, 2.75) is 38.5 Å². The molecule has 0 nitrogen and oxygen atoms in total. The second kappa shape index (κ2) is 8.89. The second-order valence-electron chi connectivity index (χ2n) is 9.26. The molecule has 0 saturated heterocycles. The molecule has 1 heteroatoms. The van der Waals surface area contributed by atoms with Crippen LogP contribution in [0.1, 0.15) is 49.9 Å². The molecule has 0 aromatic heterocycles. The van der Waals surface area contributed by atoms with Crippen molar-refractivity contribution < 1.29 is 0 Å². The van der Waals surface area contributed by atoms with Crippen LogP contribution < -0.4 is 8.70 Å². The van der Waals surface area contributed by atoms with Gasteiger partial charge in [-0.3, -0.25) is 0 Å². The molecule has 0 unspecified atom stereocenters. The van der Waals surface area contributed by atoms with E-state index >= 15 is 0 Å². The van der Waals surface area contributed by atoms with Gasteiger partial charge in [-0.1, -0.05) is 0 Å². The first-order valence-corrected chi connectivity index (χ1v) is 13.1. The summed E-state index contributed by atoms with van der Waals surface area (Å²) in [4.78, 5) is 0. The summed E-state index contributed by atoms with van der Waals surface area (Å²) in [7, 11) is 0. The summed E-state index contributed by atoms with van der Waals surface area (Å²) in [5.41, 5.74) is 5.49. The molecule has 0 radical (unpaired) electrons. The quantitative estimate of drug-likeness (QED) is 0.319. The van der Waals surface area contributed by atoms with Crippen LogP contribution in [0.4, 0.5) is 0 Å². The first kappa shape index (κ1) is 21.7. The van der Waals surface area contributed by atoms with Crippen molar-refractivity contribution in [3.8, 4) is 0 Å². The number of hydrogen-bond acceptors (Lipinski definition) is 0. The van der Waals surface area contributed by atoms with Gasteiger partial charge >= 0.3 is 194 Å². The summed E-state index contributed by atoms with van der Waals surface area (Å²) in [5.74, 6) is 0. The average molecular weight is 467 g/mol. The van der Waals surface area contributed by atoms with Crippen LogP contribution in [0.2, 0.25) is 0 Å². The fourth-order valence-electron chi connectivity index (χ4n) is 4.15. The van der Waals surface area contributed by atoms with Gasteiger partial charge in [0.15, 0.2) is 0 Å². The predicted octanol–water partition coefficient (Wildman–Crippen LogP) is 5.73. The van der Waals surface area contributed by atoms with Crippen LogP contribution in [0, 0.1) is 0 Å². The average Bonchev–Trinajstić information content (AvgIpc) is 2.81. The van der Waals surface area contributed by atoms with Gasteiger partial charge in [-0.15, -0.1) is 0 Å². The Morgan fingerprint density at radius 3 is 1.00 bits per heavy atom. The Kier molecular flexibility index (Phi) is 6.21. The van der Waals surface area contributed by atoms with Crippen LogP contribution in [0.25, 0.3) is 0 Å². The van der Waals surface area contributed by atoms with Crippen molar-refractivity contribution in [1.82, 2.24) is 0 Å². The molecule has 0 aliphatic heterocycles. The van der Waals surface area contributed by atoms with E-state index in [1.165, 1.54) is 31.0 Å². The van der Waals surface area contributed by atoms with Gasteiger partial charge in [-0.2, -0.15) is 0 Å². The summed E-state index contributed by atoms with van der Waals surface area (Å²) in [5, 5.41) is 0. The van der Waals surface area contributed by atoms with E-state index in [2.05, 4.69) is 137 Å². The zero-order valence-electron chi connectivity index (χ0n) is 18.9. The molecular weight excluding hydrogens is 435 g/mol. The molecular formula is C30H31As. The molecule has 0 N–H and O–H groups in total. The first-order chi connectivity index (χ1) is 14.9. The molecule has 0 saturated carbocycles. The van der Waals surface area contributed by atoms with Crippen molar-refractivity contribution in [3.05, 3.63) is 131 Å². The predicted molar refractivity (Wildman–Crippen MR) is 136 cm³/mol. The normalized spacial score (nSPS) is 12.0. The molecule has 0 bridgehead atoms. The zero-order chi connectivity index (χ0) is 21.9. The molecule has 4 aromatic carbocycles. The van der Waals surface area contributed by atoms with Gasteiger partial charge in [0.1, 0.15) is 0 Å².